The Bertz CT molecular complexity index is 898. The van der Waals surface area contributed by atoms with Crippen molar-refractivity contribution in [1.82, 2.24) is 0 Å². The number of ether oxygens (including phenoxy) is 2. The number of rotatable bonds is 9. The first-order chi connectivity index (χ1) is 14.8. The fourth-order valence-corrected chi connectivity index (χ4v) is 4.08. The van der Waals surface area contributed by atoms with Crippen LogP contribution in [-0.4, -0.2) is 37.5 Å². The number of ketones is 1. The Hall–Kier alpha value is -2.63. The van der Waals surface area contributed by atoms with Crippen LogP contribution in [0.4, 0.5) is 14.5 Å². The summed E-state index contributed by atoms with van der Waals surface area (Å²) in [5.74, 6) is -1.32. The third kappa shape index (κ3) is 5.54. The van der Waals surface area contributed by atoms with Gasteiger partial charge in [-0.1, -0.05) is 19.1 Å². The van der Waals surface area contributed by atoms with Crippen molar-refractivity contribution in [3.63, 3.8) is 0 Å². The normalized spacial score (nSPS) is 22.8. The lowest BCUT2D eigenvalue weighted by molar-refractivity contribution is -0.117. The van der Waals surface area contributed by atoms with E-state index < -0.39 is 11.8 Å². The molecule has 2 aromatic rings. The zero-order chi connectivity index (χ0) is 22.0. The van der Waals surface area contributed by atoms with E-state index >= 15 is 0 Å². The summed E-state index contributed by atoms with van der Waals surface area (Å²) in [5, 5.41) is 0. The second-order valence-corrected chi connectivity index (χ2v) is 8.82. The van der Waals surface area contributed by atoms with Crippen molar-refractivity contribution in [1.29, 1.82) is 0 Å². The van der Waals surface area contributed by atoms with Gasteiger partial charge in [0.1, 0.15) is 23.4 Å². The molecule has 0 amide bonds. The summed E-state index contributed by atoms with van der Waals surface area (Å²) in [6, 6.07) is 15.6. The van der Waals surface area contributed by atoms with E-state index in [0.717, 1.165) is 36.5 Å². The molecule has 0 radical (unpaired) electrons. The molecule has 4 nitrogen and oxygen atoms in total. The number of Topliss-reactive ketones (excluding diaryl/α,β-unsaturated/α-hetero) is 1. The van der Waals surface area contributed by atoms with Crippen molar-refractivity contribution in [2.75, 3.05) is 24.6 Å². The first kappa shape index (κ1) is 21.6. The van der Waals surface area contributed by atoms with E-state index in [4.69, 9.17) is 9.47 Å². The van der Waals surface area contributed by atoms with Crippen LogP contribution in [0.3, 0.4) is 0 Å². The van der Waals surface area contributed by atoms with Gasteiger partial charge in [-0.05, 0) is 54.8 Å². The molecule has 4 rings (SSSR count). The van der Waals surface area contributed by atoms with Crippen molar-refractivity contribution in [3.05, 3.63) is 54.1 Å². The van der Waals surface area contributed by atoms with Crippen molar-refractivity contribution in [2.45, 2.75) is 51.1 Å². The van der Waals surface area contributed by atoms with E-state index in [0.29, 0.717) is 12.2 Å². The summed E-state index contributed by atoms with van der Waals surface area (Å²) in [7, 11) is 0. The Morgan fingerprint density at radius 1 is 1.13 bits per heavy atom. The molecule has 0 aromatic heterocycles. The summed E-state index contributed by atoms with van der Waals surface area (Å²) in [5.41, 5.74) is 2.21. The average molecular weight is 430 g/mol. The molecule has 1 aliphatic carbocycles. The summed E-state index contributed by atoms with van der Waals surface area (Å²) < 4.78 is 37.5. The number of carbonyl (C=O) groups excluding carboxylic acids is 1. The first-order valence-electron chi connectivity index (χ1n) is 10.9. The fourth-order valence-electron chi connectivity index (χ4n) is 4.08. The SMILES string of the molecule is CC(=O)C[C@@H](C)c1ccc(OC2CCN(c3ccc(OCC4CC4(F)F)cc3)C2)cc1. The molecular weight excluding hydrogens is 400 g/mol. The Morgan fingerprint density at radius 2 is 1.77 bits per heavy atom. The van der Waals surface area contributed by atoms with Gasteiger partial charge in [-0.25, -0.2) is 8.78 Å². The fraction of sp³-hybridized carbons (Fsp3) is 0.480. The van der Waals surface area contributed by atoms with Gasteiger partial charge in [0, 0.05) is 31.5 Å². The maximum absolute atomic E-state index is 13.0. The summed E-state index contributed by atoms with van der Waals surface area (Å²) in [4.78, 5) is 13.6. The van der Waals surface area contributed by atoms with E-state index in [2.05, 4.69) is 11.8 Å². The Labute approximate surface area is 182 Å². The minimum atomic E-state index is -2.54. The smallest absolute Gasteiger partial charge is 0.255 e. The van der Waals surface area contributed by atoms with Gasteiger partial charge in [0.05, 0.1) is 19.1 Å². The molecule has 1 saturated carbocycles. The molecule has 0 spiro atoms. The molecule has 1 saturated heterocycles. The van der Waals surface area contributed by atoms with Gasteiger partial charge in [-0.2, -0.15) is 0 Å². The third-order valence-corrected chi connectivity index (χ3v) is 6.10. The highest BCUT2D eigenvalue weighted by Crippen LogP contribution is 2.48. The Balaban J connectivity index is 1.26. The molecule has 0 N–H and O–H groups in total. The van der Waals surface area contributed by atoms with Crippen LogP contribution in [0.1, 0.15) is 44.6 Å². The number of benzene rings is 2. The molecule has 3 atom stereocenters. The highest BCUT2D eigenvalue weighted by molar-refractivity contribution is 5.76. The Kier molecular flexibility index (Phi) is 6.17. The van der Waals surface area contributed by atoms with Crippen LogP contribution in [-0.2, 0) is 4.79 Å². The maximum atomic E-state index is 13.0. The molecular formula is C25H29F2NO3. The minimum Gasteiger partial charge on any atom is -0.493 e. The third-order valence-electron chi connectivity index (χ3n) is 6.10. The summed E-state index contributed by atoms with van der Waals surface area (Å²) in [6.07, 6.45) is 1.51. The van der Waals surface area contributed by atoms with Crippen LogP contribution in [0.2, 0.25) is 0 Å². The Morgan fingerprint density at radius 3 is 2.39 bits per heavy atom. The number of alkyl halides is 2. The van der Waals surface area contributed by atoms with Crippen LogP contribution in [0, 0.1) is 5.92 Å². The number of hydrogen-bond donors (Lipinski definition) is 0. The molecule has 0 bridgehead atoms. The number of carbonyl (C=O) groups is 1. The zero-order valence-electron chi connectivity index (χ0n) is 18.0. The van der Waals surface area contributed by atoms with E-state index in [1.807, 2.05) is 48.5 Å². The zero-order valence-corrected chi connectivity index (χ0v) is 18.0. The van der Waals surface area contributed by atoms with Gasteiger partial charge in [-0.3, -0.25) is 0 Å². The lowest BCUT2D eigenvalue weighted by atomic mass is 9.96. The van der Waals surface area contributed by atoms with Gasteiger partial charge < -0.3 is 19.2 Å². The lowest BCUT2D eigenvalue weighted by Gasteiger charge is -2.20. The second kappa shape index (κ2) is 8.85. The molecule has 31 heavy (non-hydrogen) atoms. The van der Waals surface area contributed by atoms with E-state index in [9.17, 15) is 13.6 Å². The summed E-state index contributed by atoms with van der Waals surface area (Å²) >= 11 is 0. The number of hydrogen-bond acceptors (Lipinski definition) is 4. The van der Waals surface area contributed by atoms with Crippen molar-refractivity contribution < 1.29 is 23.0 Å². The molecule has 2 fully saturated rings. The molecule has 6 heteroatoms. The predicted molar refractivity (Wildman–Crippen MR) is 116 cm³/mol. The highest BCUT2D eigenvalue weighted by atomic mass is 19.3. The minimum absolute atomic E-state index is 0.0678. The standard InChI is InChI=1S/C25H29F2NO3/c1-17(13-18(2)29)19-3-7-23(8-4-19)31-24-11-12-28(15-24)21-5-9-22(10-6-21)30-16-20-14-25(20,26)27/h3-10,17,20,24H,11-16H2,1-2H3/t17-,20?,24?/m1/s1. The summed E-state index contributed by atoms with van der Waals surface area (Å²) in [6.45, 7) is 5.43. The van der Waals surface area contributed by atoms with Crippen molar-refractivity contribution in [3.8, 4) is 11.5 Å². The quantitative estimate of drug-likeness (QED) is 0.531. The van der Waals surface area contributed by atoms with E-state index in [1.165, 1.54) is 0 Å². The van der Waals surface area contributed by atoms with Crippen molar-refractivity contribution in [2.24, 2.45) is 5.92 Å². The average Bonchev–Trinajstić information content (AvgIpc) is 3.11. The molecule has 2 aliphatic rings. The molecule has 1 aliphatic heterocycles. The first-order valence-corrected chi connectivity index (χ1v) is 10.9. The van der Waals surface area contributed by atoms with Gasteiger partial charge >= 0.3 is 0 Å². The van der Waals surface area contributed by atoms with E-state index in [1.54, 1.807) is 6.92 Å². The van der Waals surface area contributed by atoms with Gasteiger partial charge in [0.15, 0.2) is 0 Å². The monoisotopic (exact) mass is 429 g/mol. The van der Waals surface area contributed by atoms with Gasteiger partial charge in [0.2, 0.25) is 0 Å². The van der Waals surface area contributed by atoms with Gasteiger partial charge in [-0.15, -0.1) is 0 Å². The van der Waals surface area contributed by atoms with E-state index in [-0.39, 0.29) is 30.8 Å². The van der Waals surface area contributed by atoms with Crippen LogP contribution in [0.15, 0.2) is 48.5 Å². The van der Waals surface area contributed by atoms with Gasteiger partial charge in [0.25, 0.3) is 5.92 Å². The topological polar surface area (TPSA) is 38.8 Å². The molecule has 2 aromatic carbocycles. The number of halogens is 2. The van der Waals surface area contributed by atoms with Crippen LogP contribution in [0.25, 0.3) is 0 Å². The number of anilines is 1. The second-order valence-electron chi connectivity index (χ2n) is 8.82. The highest BCUT2D eigenvalue weighted by Gasteiger charge is 2.57. The molecule has 2 unspecified atom stereocenters. The predicted octanol–water partition coefficient (Wildman–Crippen LogP) is 5.46. The van der Waals surface area contributed by atoms with Crippen LogP contribution < -0.4 is 14.4 Å². The number of nitrogens with zero attached hydrogens (tertiary/aromatic N) is 1. The largest absolute Gasteiger partial charge is 0.493 e. The molecule has 166 valence electrons. The van der Waals surface area contributed by atoms with Crippen molar-refractivity contribution >= 4 is 11.5 Å². The van der Waals surface area contributed by atoms with Crippen LogP contribution >= 0.6 is 0 Å². The lowest BCUT2D eigenvalue weighted by Crippen LogP contribution is -2.24. The maximum Gasteiger partial charge on any atom is 0.255 e. The van der Waals surface area contributed by atoms with Crippen LogP contribution in [0.5, 0.6) is 11.5 Å². The molecule has 1 heterocycles.